The first-order valence-corrected chi connectivity index (χ1v) is 6.77. The summed E-state index contributed by atoms with van der Waals surface area (Å²) in [7, 11) is 0. The van der Waals surface area contributed by atoms with Crippen molar-refractivity contribution in [1.29, 1.82) is 0 Å². The molecule has 1 N–H and O–H groups in total. The lowest BCUT2D eigenvalue weighted by Gasteiger charge is -2.28. The minimum atomic E-state index is 0.0876. The molecule has 1 heterocycles. The minimum Gasteiger partial charge on any atom is -0.489 e. The van der Waals surface area contributed by atoms with Crippen LogP contribution in [0.15, 0.2) is 24.3 Å². The standard InChI is InChI=1S/C15H21NO3/c1-11-7-12(2)19-16-9-15(8-11)18-14-5-3-13(10-17)4-6-14/h3-6,10-12,15-16H,7-9H2,1-2H3. The van der Waals surface area contributed by atoms with Crippen molar-refractivity contribution < 1.29 is 14.4 Å². The van der Waals surface area contributed by atoms with Crippen LogP contribution in [0.4, 0.5) is 0 Å². The fraction of sp³-hybridized carbons (Fsp3) is 0.533. The highest BCUT2D eigenvalue weighted by molar-refractivity contribution is 5.74. The molecule has 4 heteroatoms. The molecule has 104 valence electrons. The number of benzene rings is 1. The van der Waals surface area contributed by atoms with Crippen molar-refractivity contribution in [1.82, 2.24) is 5.48 Å². The van der Waals surface area contributed by atoms with Crippen LogP contribution in [0.2, 0.25) is 0 Å². The van der Waals surface area contributed by atoms with E-state index in [1.54, 1.807) is 12.1 Å². The predicted octanol–water partition coefficient (Wildman–Crippen LogP) is 2.59. The number of carbonyl (C=O) groups is 1. The molecule has 0 radical (unpaired) electrons. The van der Waals surface area contributed by atoms with E-state index in [-0.39, 0.29) is 12.2 Å². The summed E-state index contributed by atoms with van der Waals surface area (Å²) < 4.78 is 5.94. The normalized spacial score (nSPS) is 28.2. The molecule has 1 aromatic rings. The summed E-state index contributed by atoms with van der Waals surface area (Å²) in [5.41, 5.74) is 3.63. The lowest BCUT2D eigenvalue weighted by Crippen LogP contribution is -2.38. The Balaban J connectivity index is 1.94. The first-order valence-electron chi connectivity index (χ1n) is 6.77. The number of aldehydes is 1. The van der Waals surface area contributed by atoms with Crippen molar-refractivity contribution in [2.24, 2.45) is 5.92 Å². The molecular weight excluding hydrogens is 242 g/mol. The average molecular weight is 263 g/mol. The van der Waals surface area contributed by atoms with E-state index in [0.29, 0.717) is 18.0 Å². The van der Waals surface area contributed by atoms with E-state index in [2.05, 4.69) is 19.3 Å². The zero-order valence-electron chi connectivity index (χ0n) is 11.5. The van der Waals surface area contributed by atoms with Crippen LogP contribution in [0.3, 0.4) is 0 Å². The van der Waals surface area contributed by atoms with Gasteiger partial charge in [-0.2, -0.15) is 5.48 Å². The SMILES string of the molecule is CC1CC(C)ONCC(Oc2ccc(C=O)cc2)C1. The van der Waals surface area contributed by atoms with Crippen molar-refractivity contribution in [3.8, 4) is 5.75 Å². The number of rotatable bonds is 3. The lowest BCUT2D eigenvalue weighted by atomic mass is 9.97. The van der Waals surface area contributed by atoms with Gasteiger partial charge in [0.25, 0.3) is 0 Å². The number of nitrogens with one attached hydrogen (secondary N) is 1. The highest BCUT2D eigenvalue weighted by Gasteiger charge is 2.20. The molecule has 2 rings (SSSR count). The highest BCUT2D eigenvalue weighted by atomic mass is 16.7. The van der Waals surface area contributed by atoms with E-state index in [0.717, 1.165) is 24.9 Å². The molecule has 3 unspecified atom stereocenters. The van der Waals surface area contributed by atoms with Gasteiger partial charge in [0.1, 0.15) is 18.1 Å². The first-order chi connectivity index (χ1) is 9.17. The Hall–Kier alpha value is -1.39. The van der Waals surface area contributed by atoms with E-state index in [1.165, 1.54) is 0 Å². The van der Waals surface area contributed by atoms with Crippen LogP contribution in [0.25, 0.3) is 0 Å². The summed E-state index contributed by atoms with van der Waals surface area (Å²) in [6, 6.07) is 7.19. The van der Waals surface area contributed by atoms with Crippen LogP contribution in [-0.4, -0.2) is 25.0 Å². The van der Waals surface area contributed by atoms with E-state index in [1.807, 2.05) is 12.1 Å². The summed E-state index contributed by atoms with van der Waals surface area (Å²) in [6.07, 6.45) is 3.18. The molecule has 19 heavy (non-hydrogen) atoms. The molecule has 4 nitrogen and oxygen atoms in total. The predicted molar refractivity (Wildman–Crippen MR) is 73.2 cm³/mol. The smallest absolute Gasteiger partial charge is 0.150 e. The summed E-state index contributed by atoms with van der Waals surface area (Å²) in [4.78, 5) is 16.1. The summed E-state index contributed by atoms with van der Waals surface area (Å²) >= 11 is 0. The molecule has 3 atom stereocenters. The van der Waals surface area contributed by atoms with Crippen molar-refractivity contribution in [3.63, 3.8) is 0 Å². The zero-order valence-corrected chi connectivity index (χ0v) is 11.5. The number of ether oxygens (including phenoxy) is 1. The van der Waals surface area contributed by atoms with Crippen LogP contribution in [0.5, 0.6) is 5.75 Å². The van der Waals surface area contributed by atoms with Gasteiger partial charge in [-0.3, -0.25) is 9.63 Å². The largest absolute Gasteiger partial charge is 0.489 e. The van der Waals surface area contributed by atoms with Crippen LogP contribution >= 0.6 is 0 Å². The summed E-state index contributed by atoms with van der Waals surface area (Å²) in [6.45, 7) is 4.96. The molecule has 0 aromatic heterocycles. The molecule has 1 aliphatic rings. The maximum atomic E-state index is 10.6. The van der Waals surface area contributed by atoms with E-state index in [4.69, 9.17) is 9.57 Å². The maximum absolute atomic E-state index is 10.6. The Morgan fingerprint density at radius 1 is 1.26 bits per heavy atom. The molecular formula is C15H21NO3. The van der Waals surface area contributed by atoms with Gasteiger partial charge in [0, 0.05) is 5.56 Å². The number of hydrogen-bond acceptors (Lipinski definition) is 4. The number of hydroxylamine groups is 1. The molecule has 1 aromatic carbocycles. The Bertz CT molecular complexity index is 404. The third-order valence-corrected chi connectivity index (χ3v) is 3.31. The highest BCUT2D eigenvalue weighted by Crippen LogP contribution is 2.21. The number of carbonyl (C=O) groups excluding carboxylic acids is 1. The van der Waals surface area contributed by atoms with Gasteiger partial charge in [0.05, 0.1) is 12.6 Å². The molecule has 1 saturated heterocycles. The van der Waals surface area contributed by atoms with Crippen LogP contribution in [0, 0.1) is 5.92 Å². The first kappa shape index (κ1) is 14.0. The second kappa shape index (κ2) is 6.68. The fourth-order valence-corrected chi connectivity index (χ4v) is 2.43. The topological polar surface area (TPSA) is 47.6 Å². The maximum Gasteiger partial charge on any atom is 0.150 e. The molecule has 1 aliphatic heterocycles. The molecule has 1 fully saturated rings. The summed E-state index contributed by atoms with van der Waals surface area (Å²) in [5, 5.41) is 0. The van der Waals surface area contributed by atoms with Gasteiger partial charge in [-0.05, 0) is 49.9 Å². The van der Waals surface area contributed by atoms with E-state index < -0.39 is 0 Å². The van der Waals surface area contributed by atoms with Crippen LogP contribution in [-0.2, 0) is 4.84 Å². The minimum absolute atomic E-state index is 0.0876. The molecule has 0 saturated carbocycles. The molecule has 0 bridgehead atoms. The Morgan fingerprint density at radius 3 is 2.68 bits per heavy atom. The molecule has 0 amide bonds. The van der Waals surface area contributed by atoms with Crippen molar-refractivity contribution >= 4 is 6.29 Å². The van der Waals surface area contributed by atoms with Crippen molar-refractivity contribution in [3.05, 3.63) is 29.8 Å². The zero-order chi connectivity index (χ0) is 13.7. The van der Waals surface area contributed by atoms with Crippen molar-refractivity contribution in [2.45, 2.75) is 38.9 Å². The Morgan fingerprint density at radius 2 is 2.00 bits per heavy atom. The van der Waals surface area contributed by atoms with E-state index >= 15 is 0 Å². The average Bonchev–Trinajstić information content (AvgIpc) is 2.37. The second-order valence-corrected chi connectivity index (χ2v) is 5.28. The molecule has 0 aliphatic carbocycles. The fourth-order valence-electron chi connectivity index (χ4n) is 2.43. The van der Waals surface area contributed by atoms with Crippen LogP contribution in [0.1, 0.15) is 37.0 Å². The number of hydrogen-bond donors (Lipinski definition) is 1. The summed E-state index contributed by atoms with van der Waals surface area (Å²) in [5.74, 6) is 1.36. The van der Waals surface area contributed by atoms with Gasteiger partial charge in [0.15, 0.2) is 0 Å². The third-order valence-electron chi connectivity index (χ3n) is 3.31. The Kier molecular flexibility index (Phi) is 4.93. The van der Waals surface area contributed by atoms with Gasteiger partial charge >= 0.3 is 0 Å². The van der Waals surface area contributed by atoms with Gasteiger partial charge in [-0.15, -0.1) is 0 Å². The quantitative estimate of drug-likeness (QED) is 0.851. The second-order valence-electron chi connectivity index (χ2n) is 5.28. The van der Waals surface area contributed by atoms with Gasteiger partial charge < -0.3 is 4.74 Å². The van der Waals surface area contributed by atoms with Gasteiger partial charge in [0.2, 0.25) is 0 Å². The Labute approximate surface area is 114 Å². The lowest BCUT2D eigenvalue weighted by molar-refractivity contribution is -0.0555. The monoisotopic (exact) mass is 263 g/mol. The third kappa shape index (κ3) is 4.33. The van der Waals surface area contributed by atoms with Gasteiger partial charge in [-0.1, -0.05) is 6.92 Å². The van der Waals surface area contributed by atoms with Gasteiger partial charge in [-0.25, -0.2) is 0 Å². The van der Waals surface area contributed by atoms with E-state index in [9.17, 15) is 4.79 Å². The van der Waals surface area contributed by atoms with Crippen molar-refractivity contribution in [2.75, 3.05) is 6.54 Å². The van der Waals surface area contributed by atoms with Crippen LogP contribution < -0.4 is 10.2 Å². The molecule has 0 spiro atoms.